The van der Waals surface area contributed by atoms with E-state index in [2.05, 4.69) is 26.4 Å². The third-order valence-corrected chi connectivity index (χ3v) is 6.28. The van der Waals surface area contributed by atoms with Crippen molar-refractivity contribution in [2.45, 2.75) is 31.3 Å². The lowest BCUT2D eigenvalue weighted by Crippen LogP contribution is -2.33. The van der Waals surface area contributed by atoms with Gasteiger partial charge in [-0.15, -0.1) is 0 Å². The van der Waals surface area contributed by atoms with Crippen molar-refractivity contribution in [1.82, 2.24) is 19.4 Å². The number of H-pyrrole nitrogens is 1. The molecule has 4 heterocycles. The fourth-order valence-corrected chi connectivity index (χ4v) is 4.89. The number of likely N-dealkylation sites (tertiary alicyclic amines) is 1. The summed E-state index contributed by atoms with van der Waals surface area (Å²) in [6.07, 6.45) is 6.51. The van der Waals surface area contributed by atoms with E-state index in [1.54, 1.807) is 11.3 Å². The molecule has 1 N–H and O–H groups in total. The number of hydrogen-bond donors (Lipinski definition) is 1. The molecule has 1 amide bonds. The lowest BCUT2D eigenvalue weighted by molar-refractivity contribution is -0.132. The third kappa shape index (κ3) is 3.14. The number of aromatic nitrogens is 3. The number of carbonyl (C=O) groups excluding carboxylic acids is 1. The molecule has 1 saturated heterocycles. The van der Waals surface area contributed by atoms with E-state index in [1.807, 2.05) is 53.7 Å². The predicted molar refractivity (Wildman–Crippen MR) is 111 cm³/mol. The van der Waals surface area contributed by atoms with Gasteiger partial charge < -0.3 is 14.5 Å². The maximum Gasteiger partial charge on any atom is 0.225 e. The summed E-state index contributed by atoms with van der Waals surface area (Å²) >= 11 is 1.67. The van der Waals surface area contributed by atoms with E-state index in [0.29, 0.717) is 6.42 Å². The van der Waals surface area contributed by atoms with Crippen LogP contribution >= 0.6 is 11.3 Å². The number of thiophene rings is 1. The van der Waals surface area contributed by atoms with Gasteiger partial charge in [0.25, 0.3) is 0 Å². The highest BCUT2D eigenvalue weighted by molar-refractivity contribution is 7.08. The van der Waals surface area contributed by atoms with E-state index in [0.717, 1.165) is 36.2 Å². The van der Waals surface area contributed by atoms with Gasteiger partial charge in [0.2, 0.25) is 5.91 Å². The number of carbonyl (C=O) groups is 1. The summed E-state index contributed by atoms with van der Waals surface area (Å²) in [5.41, 5.74) is 3.18. The normalized spacial score (nSPS) is 18.0. The van der Waals surface area contributed by atoms with Gasteiger partial charge in [0.05, 0.1) is 29.5 Å². The van der Waals surface area contributed by atoms with Crippen LogP contribution < -0.4 is 0 Å². The number of benzene rings is 1. The van der Waals surface area contributed by atoms with Crippen molar-refractivity contribution >= 4 is 28.3 Å². The second-order valence-electron chi connectivity index (χ2n) is 7.29. The quantitative estimate of drug-likeness (QED) is 0.534. The average Bonchev–Trinajstić information content (AvgIpc) is 3.51. The van der Waals surface area contributed by atoms with Crippen molar-refractivity contribution < 1.29 is 4.79 Å². The lowest BCUT2D eigenvalue weighted by atomic mass is 10.1. The molecule has 0 bridgehead atoms. The molecule has 1 aromatic carbocycles. The monoisotopic (exact) mass is 390 g/mol. The summed E-state index contributed by atoms with van der Waals surface area (Å²) in [7, 11) is 0. The highest BCUT2D eigenvalue weighted by Gasteiger charge is 2.33. The number of hydrogen-bond acceptors (Lipinski definition) is 3. The molecule has 2 atom stereocenters. The standard InChI is InChI=1S/C22H22N4OS/c27-21(14-20(16-9-13-28-15-16)25-10-3-4-11-25)26-12-5-8-19(26)22-23-17-6-1-2-7-18(17)24-22/h1-4,6-7,9-11,13,15,19-20H,5,8,12,14H2,(H,23,24)/t19-,20+/m0/s1. The molecule has 142 valence electrons. The number of imidazole rings is 1. The van der Waals surface area contributed by atoms with Crippen molar-refractivity contribution in [3.63, 3.8) is 0 Å². The second-order valence-corrected chi connectivity index (χ2v) is 8.07. The van der Waals surface area contributed by atoms with Crippen LogP contribution in [0.5, 0.6) is 0 Å². The molecule has 0 saturated carbocycles. The summed E-state index contributed by atoms with van der Waals surface area (Å²) in [6, 6.07) is 14.2. The third-order valence-electron chi connectivity index (χ3n) is 5.58. The molecule has 0 spiro atoms. The Bertz CT molecular complexity index is 1000. The maximum absolute atomic E-state index is 13.3. The molecule has 0 unspecified atom stereocenters. The maximum atomic E-state index is 13.3. The summed E-state index contributed by atoms with van der Waals surface area (Å²) in [4.78, 5) is 23.5. The zero-order valence-electron chi connectivity index (χ0n) is 15.5. The van der Waals surface area contributed by atoms with Crippen molar-refractivity contribution in [2.75, 3.05) is 6.54 Å². The fourth-order valence-electron chi connectivity index (χ4n) is 4.18. The fraction of sp³-hybridized carbons (Fsp3) is 0.273. The number of aromatic amines is 1. The van der Waals surface area contributed by atoms with E-state index in [1.165, 1.54) is 5.56 Å². The largest absolute Gasteiger partial charge is 0.346 e. The van der Waals surface area contributed by atoms with Crippen LogP contribution in [0, 0.1) is 0 Å². The Hall–Kier alpha value is -2.86. The average molecular weight is 391 g/mol. The molecule has 4 aromatic rings. The van der Waals surface area contributed by atoms with Gasteiger partial charge in [0, 0.05) is 18.9 Å². The van der Waals surface area contributed by atoms with Crippen LogP contribution in [0.4, 0.5) is 0 Å². The molecule has 3 aromatic heterocycles. The van der Waals surface area contributed by atoms with Gasteiger partial charge in [-0.05, 0) is 59.5 Å². The van der Waals surface area contributed by atoms with Crippen LogP contribution in [0.2, 0.25) is 0 Å². The van der Waals surface area contributed by atoms with Crippen molar-refractivity contribution in [2.24, 2.45) is 0 Å². The summed E-state index contributed by atoms with van der Waals surface area (Å²) in [5.74, 6) is 1.09. The molecule has 1 aliphatic heterocycles. The summed E-state index contributed by atoms with van der Waals surface area (Å²) in [5, 5.41) is 4.21. The molecule has 28 heavy (non-hydrogen) atoms. The van der Waals surface area contributed by atoms with Crippen molar-refractivity contribution in [3.8, 4) is 0 Å². The summed E-state index contributed by atoms with van der Waals surface area (Å²) < 4.78 is 2.13. The molecule has 5 nitrogen and oxygen atoms in total. The smallest absolute Gasteiger partial charge is 0.225 e. The minimum Gasteiger partial charge on any atom is -0.346 e. The molecule has 0 radical (unpaired) electrons. The minimum absolute atomic E-state index is 0.0330. The van der Waals surface area contributed by atoms with Crippen LogP contribution in [0.15, 0.2) is 65.6 Å². The van der Waals surface area contributed by atoms with Gasteiger partial charge in [-0.25, -0.2) is 4.98 Å². The topological polar surface area (TPSA) is 53.9 Å². The highest BCUT2D eigenvalue weighted by atomic mass is 32.1. The zero-order chi connectivity index (χ0) is 18.9. The van der Waals surface area contributed by atoms with Crippen LogP contribution in [-0.4, -0.2) is 31.9 Å². The Balaban J connectivity index is 1.40. The molecule has 5 rings (SSSR count). The van der Waals surface area contributed by atoms with Crippen LogP contribution in [-0.2, 0) is 4.79 Å². The first kappa shape index (κ1) is 17.3. The Morgan fingerprint density at radius 1 is 1.21 bits per heavy atom. The highest BCUT2D eigenvalue weighted by Crippen LogP contribution is 2.34. The van der Waals surface area contributed by atoms with Crippen LogP contribution in [0.25, 0.3) is 11.0 Å². The van der Waals surface area contributed by atoms with Gasteiger partial charge in [-0.2, -0.15) is 11.3 Å². The summed E-state index contributed by atoms with van der Waals surface area (Å²) in [6.45, 7) is 0.794. The number of amides is 1. The molecule has 0 aliphatic carbocycles. The first-order valence-corrected chi connectivity index (χ1v) is 10.6. The van der Waals surface area contributed by atoms with Crippen molar-refractivity contribution in [1.29, 1.82) is 0 Å². The van der Waals surface area contributed by atoms with E-state index in [-0.39, 0.29) is 18.0 Å². The molecule has 1 aliphatic rings. The van der Waals surface area contributed by atoms with E-state index >= 15 is 0 Å². The zero-order valence-corrected chi connectivity index (χ0v) is 16.3. The minimum atomic E-state index is 0.0330. The Morgan fingerprint density at radius 2 is 2.07 bits per heavy atom. The van der Waals surface area contributed by atoms with Gasteiger partial charge in [-0.3, -0.25) is 4.79 Å². The van der Waals surface area contributed by atoms with E-state index in [4.69, 9.17) is 4.98 Å². The second kappa shape index (κ2) is 7.28. The molecule has 1 fully saturated rings. The van der Waals surface area contributed by atoms with Gasteiger partial charge in [0.15, 0.2) is 0 Å². The molecular formula is C22H22N4OS. The molecular weight excluding hydrogens is 368 g/mol. The van der Waals surface area contributed by atoms with E-state index in [9.17, 15) is 4.79 Å². The molecule has 6 heteroatoms. The Morgan fingerprint density at radius 3 is 2.86 bits per heavy atom. The Kier molecular flexibility index (Phi) is 4.49. The van der Waals surface area contributed by atoms with Gasteiger partial charge >= 0.3 is 0 Å². The van der Waals surface area contributed by atoms with E-state index < -0.39 is 0 Å². The van der Waals surface area contributed by atoms with Crippen LogP contribution in [0.3, 0.4) is 0 Å². The van der Waals surface area contributed by atoms with Crippen LogP contribution in [0.1, 0.15) is 42.7 Å². The number of para-hydroxylation sites is 2. The Labute approximate surface area is 167 Å². The van der Waals surface area contributed by atoms with Gasteiger partial charge in [0.1, 0.15) is 5.82 Å². The van der Waals surface area contributed by atoms with Crippen molar-refractivity contribution in [3.05, 3.63) is 77.0 Å². The van der Waals surface area contributed by atoms with Gasteiger partial charge in [-0.1, -0.05) is 12.1 Å². The lowest BCUT2D eigenvalue weighted by Gasteiger charge is -2.26. The first-order valence-electron chi connectivity index (χ1n) is 9.68. The number of nitrogens with one attached hydrogen (secondary N) is 1. The predicted octanol–water partition coefficient (Wildman–Crippen LogP) is 4.77. The SMILES string of the molecule is O=C(C[C@H](c1ccsc1)n1cccc1)N1CCC[C@H]1c1nc2ccccc2[nH]1. The number of rotatable bonds is 5. The number of nitrogens with zero attached hydrogens (tertiary/aromatic N) is 3. The number of fused-ring (bicyclic) bond motifs is 1. The first-order chi connectivity index (χ1) is 13.8.